The number of aromatic amines is 2. The molecule has 6 atom stereocenters. The first-order chi connectivity index (χ1) is 36.6. The zero-order valence-corrected chi connectivity index (χ0v) is 42.8. The van der Waals surface area contributed by atoms with Gasteiger partial charge in [-0.25, -0.2) is 19.6 Å². The number of amides is 5. The highest BCUT2D eigenvalue weighted by Gasteiger charge is 2.48. The van der Waals surface area contributed by atoms with E-state index in [1.54, 1.807) is 44.0 Å². The number of imidazole rings is 2. The van der Waals surface area contributed by atoms with Gasteiger partial charge >= 0.3 is 12.1 Å². The van der Waals surface area contributed by atoms with Crippen LogP contribution in [0.25, 0.3) is 44.5 Å². The summed E-state index contributed by atoms with van der Waals surface area (Å²) in [7, 11) is 2.79. The number of likely N-dealkylation sites (tertiary alicyclic amines) is 1. The third kappa shape index (κ3) is 8.53. The van der Waals surface area contributed by atoms with Crippen LogP contribution >= 0.6 is 0 Å². The Balaban J connectivity index is 0.785. The predicted octanol–water partition coefficient (Wildman–Crippen LogP) is 7.73. The fourth-order valence-electron chi connectivity index (χ4n) is 11.4. The first-order valence-electron chi connectivity index (χ1n) is 25.7. The number of carbonyl (C=O) groups excluding carboxylic acids is 4. The summed E-state index contributed by atoms with van der Waals surface area (Å²) in [5.74, 6) is -1.87. The predicted molar refractivity (Wildman–Crippen MR) is 271 cm³/mol. The Morgan fingerprint density at radius 3 is 2.11 bits per heavy atom. The van der Waals surface area contributed by atoms with Gasteiger partial charge in [-0.2, -0.15) is 8.78 Å². The summed E-state index contributed by atoms with van der Waals surface area (Å²) in [6.45, 7) is 9.08. The zero-order valence-electron chi connectivity index (χ0n) is 42.8. The summed E-state index contributed by atoms with van der Waals surface area (Å²) in [5.41, 5.74) is 6.11. The van der Waals surface area contributed by atoms with Crippen LogP contribution in [0.2, 0.25) is 0 Å². The second-order valence-corrected chi connectivity index (χ2v) is 21.0. The van der Waals surface area contributed by atoms with E-state index in [9.17, 15) is 19.2 Å². The number of hydrogen-bond acceptors (Lipinski definition) is 12. The number of epoxide rings is 1. The molecule has 76 heavy (non-hydrogen) atoms. The highest BCUT2D eigenvalue weighted by molar-refractivity contribution is 5.89. The summed E-state index contributed by atoms with van der Waals surface area (Å²) >= 11 is 0. The molecule has 0 spiro atoms. The second-order valence-electron chi connectivity index (χ2n) is 21.0. The number of carbonyl (C=O) groups is 4. The number of fused-ring (bicyclic) bond motifs is 6. The van der Waals surface area contributed by atoms with E-state index in [4.69, 9.17) is 33.7 Å². The van der Waals surface area contributed by atoms with Gasteiger partial charge in [0.05, 0.1) is 55.3 Å². The normalized spacial score (nSPS) is 21.6. The van der Waals surface area contributed by atoms with E-state index in [2.05, 4.69) is 20.6 Å². The van der Waals surface area contributed by atoms with Crippen molar-refractivity contribution in [1.82, 2.24) is 50.2 Å². The van der Waals surface area contributed by atoms with E-state index < -0.39 is 42.7 Å². The van der Waals surface area contributed by atoms with Gasteiger partial charge in [-0.1, -0.05) is 58.0 Å². The molecular weight excluding hydrogens is 983 g/mol. The van der Waals surface area contributed by atoms with Crippen molar-refractivity contribution in [3.05, 3.63) is 107 Å². The SMILES string of the molecule is COC(=O)N[C@H](C(=O)N1CCCC1c1nc2ccc(-c3ccc4c(c3)C(F)(F)c3cc(-c5cnc([C@@H]6CN(C(=O)N7Cc8cc9c(cc8C7)OCO9)CN6C(=O)[C@@H](NC6OC6OC)C(C)C)[nH]5)ccc3-4)cc2[nH]1)C(C)C. The highest BCUT2D eigenvalue weighted by Crippen LogP contribution is 2.53. The lowest BCUT2D eigenvalue weighted by molar-refractivity contribution is -0.136. The highest BCUT2D eigenvalue weighted by atomic mass is 19.3. The molecule has 3 saturated heterocycles. The molecule has 7 heterocycles. The van der Waals surface area contributed by atoms with Crippen LogP contribution in [0.15, 0.2) is 72.9 Å². The van der Waals surface area contributed by atoms with Crippen molar-refractivity contribution in [2.24, 2.45) is 11.8 Å². The molecule has 6 aliphatic rings. The van der Waals surface area contributed by atoms with Gasteiger partial charge in [0.1, 0.15) is 23.7 Å². The molecule has 0 saturated carbocycles. The van der Waals surface area contributed by atoms with Crippen molar-refractivity contribution in [1.29, 1.82) is 0 Å². The number of methoxy groups -OCH3 is 2. The van der Waals surface area contributed by atoms with Crippen LogP contribution in [0.4, 0.5) is 18.4 Å². The fraction of sp³-hybridized carbons (Fsp3) is 0.418. The number of nitrogens with zero attached hydrogens (tertiary/aromatic N) is 6. The van der Waals surface area contributed by atoms with Crippen molar-refractivity contribution in [2.45, 2.75) is 96.2 Å². The molecule has 396 valence electrons. The average Bonchev–Trinajstić information content (AvgIpc) is 4.27. The third-order valence-electron chi connectivity index (χ3n) is 15.6. The number of rotatable bonds is 12. The van der Waals surface area contributed by atoms with Gasteiger partial charge in [0.2, 0.25) is 18.6 Å². The minimum Gasteiger partial charge on any atom is -0.454 e. The number of alkyl halides is 2. The van der Waals surface area contributed by atoms with Crippen LogP contribution < -0.4 is 20.1 Å². The minimum absolute atomic E-state index is 0.0145. The largest absolute Gasteiger partial charge is 0.454 e. The number of hydrogen-bond donors (Lipinski definition) is 4. The lowest BCUT2D eigenvalue weighted by atomic mass is 9.98. The van der Waals surface area contributed by atoms with Gasteiger partial charge in [0, 0.05) is 43.4 Å². The summed E-state index contributed by atoms with van der Waals surface area (Å²) in [5, 5.41) is 5.96. The quantitative estimate of drug-likeness (QED) is 0.0868. The third-order valence-corrected chi connectivity index (χ3v) is 15.6. The number of halogens is 2. The molecule has 0 radical (unpaired) electrons. The molecule has 21 heteroatoms. The Kier molecular flexibility index (Phi) is 12.2. The van der Waals surface area contributed by atoms with E-state index in [0.717, 1.165) is 17.5 Å². The molecule has 4 N–H and O–H groups in total. The van der Waals surface area contributed by atoms with E-state index in [1.807, 2.05) is 64.1 Å². The Bertz CT molecular complexity index is 3290. The smallest absolute Gasteiger partial charge is 0.407 e. The topological polar surface area (TPSA) is 212 Å². The number of nitrogens with one attached hydrogen (secondary N) is 4. The number of alkyl carbamates (subject to hydrolysis) is 1. The molecule has 1 aliphatic carbocycles. The van der Waals surface area contributed by atoms with E-state index in [-0.39, 0.29) is 66.9 Å². The molecule has 19 nitrogen and oxygen atoms in total. The van der Waals surface area contributed by atoms with E-state index >= 15 is 8.78 Å². The van der Waals surface area contributed by atoms with E-state index in [1.165, 1.54) is 26.4 Å². The van der Waals surface area contributed by atoms with Crippen molar-refractivity contribution in [3.8, 4) is 45.0 Å². The Morgan fingerprint density at radius 1 is 0.776 bits per heavy atom. The Morgan fingerprint density at radius 2 is 1.43 bits per heavy atom. The molecule has 5 aliphatic heterocycles. The van der Waals surface area contributed by atoms with Crippen LogP contribution in [-0.4, -0.2) is 129 Å². The fourth-order valence-corrected chi connectivity index (χ4v) is 11.4. The molecule has 3 fully saturated rings. The number of urea groups is 1. The standard InChI is InChI=1S/C55H58F2N10O9/c1-27(2)45(62-49-52(72-5)76-49)51(69)67-25-65(54(71)64-22-32-19-43-44(75-26-74-43)20-33(32)23-64)24-42(67)47-58-21-40(61-47)31-10-13-35-34-12-9-29(16-36(34)55(56,57)37(35)17-31)30-11-14-38-39(18-30)60-48(59-38)41-8-7-15-66(41)50(68)46(28(3)4)63-53(70)73-6/h9-14,16-21,27-28,41-42,45-46,49,52,62H,7-8,15,22-26H2,1-6H3,(H,58,61)(H,59,60)(H,63,70)/t41?,42-,45-,46-,49?,52?/m0/s1. The van der Waals surface area contributed by atoms with Crippen molar-refractivity contribution in [2.75, 3.05) is 40.8 Å². The minimum atomic E-state index is -3.35. The second kappa shape index (κ2) is 18.9. The number of benzene rings is 4. The van der Waals surface area contributed by atoms with Gasteiger partial charge in [-0.05, 0) is 94.5 Å². The Labute approximate surface area is 436 Å². The molecule has 5 amide bonds. The van der Waals surface area contributed by atoms with Crippen LogP contribution in [0.1, 0.15) is 86.5 Å². The lowest BCUT2D eigenvalue weighted by Gasteiger charge is -2.29. The number of aromatic nitrogens is 4. The maximum Gasteiger partial charge on any atom is 0.407 e. The summed E-state index contributed by atoms with van der Waals surface area (Å²) in [6.07, 6.45) is 1.39. The van der Waals surface area contributed by atoms with Crippen molar-refractivity contribution in [3.63, 3.8) is 0 Å². The summed E-state index contributed by atoms with van der Waals surface area (Å²) in [6, 6.07) is 16.7. The molecule has 12 rings (SSSR count). The first-order valence-corrected chi connectivity index (χ1v) is 25.7. The van der Waals surface area contributed by atoms with Gasteiger partial charge in [0.15, 0.2) is 24.0 Å². The van der Waals surface area contributed by atoms with Crippen LogP contribution in [0, 0.1) is 11.8 Å². The van der Waals surface area contributed by atoms with Crippen LogP contribution in [0.5, 0.6) is 11.5 Å². The molecule has 2 aromatic heterocycles. The summed E-state index contributed by atoms with van der Waals surface area (Å²) < 4.78 is 60.6. The summed E-state index contributed by atoms with van der Waals surface area (Å²) in [4.78, 5) is 78.0. The van der Waals surface area contributed by atoms with Crippen LogP contribution in [-0.2, 0) is 42.8 Å². The number of H-pyrrole nitrogens is 2. The monoisotopic (exact) mass is 1040 g/mol. The molecule has 3 unspecified atom stereocenters. The zero-order chi connectivity index (χ0) is 52.9. The molecular formula is C55H58F2N10O9. The Hall–Kier alpha value is -7.62. The van der Waals surface area contributed by atoms with Gasteiger partial charge in [-0.3, -0.25) is 14.9 Å². The first kappa shape index (κ1) is 49.3. The maximum atomic E-state index is 16.9. The number of ether oxygens (including phenoxy) is 5. The van der Waals surface area contributed by atoms with Crippen molar-refractivity contribution < 1.29 is 51.6 Å². The van der Waals surface area contributed by atoms with E-state index in [0.29, 0.717) is 93.7 Å². The van der Waals surface area contributed by atoms with Crippen molar-refractivity contribution >= 4 is 35.0 Å². The lowest BCUT2D eigenvalue weighted by Crippen LogP contribution is -2.51. The van der Waals surface area contributed by atoms with Crippen LogP contribution in [0.3, 0.4) is 0 Å². The molecule has 0 bridgehead atoms. The maximum absolute atomic E-state index is 16.9. The van der Waals surface area contributed by atoms with Gasteiger partial charge in [0.25, 0.3) is 5.92 Å². The molecule has 6 aromatic rings. The van der Waals surface area contributed by atoms with Gasteiger partial charge in [-0.15, -0.1) is 0 Å². The van der Waals surface area contributed by atoms with Gasteiger partial charge < -0.3 is 58.6 Å². The average molecular weight is 1040 g/mol. The molecule has 4 aromatic carbocycles.